The summed E-state index contributed by atoms with van der Waals surface area (Å²) < 4.78 is 4.63. The van der Waals surface area contributed by atoms with Gasteiger partial charge in [0.2, 0.25) is 0 Å². The number of carbonyl (C=O) groups is 1. The Labute approximate surface area is 82.4 Å². The Balaban J connectivity index is 3.16. The molecule has 4 heteroatoms. The lowest BCUT2D eigenvalue weighted by atomic mass is 10.1. The predicted molar refractivity (Wildman–Crippen MR) is 53.0 cm³/mol. The van der Waals surface area contributed by atoms with Gasteiger partial charge in [0.05, 0.1) is 12.7 Å². The maximum absolute atomic E-state index is 11.4. The molecule has 0 unspecified atom stereocenters. The highest BCUT2D eigenvalue weighted by Crippen LogP contribution is 2.16. The van der Waals surface area contributed by atoms with Crippen LogP contribution in [-0.4, -0.2) is 18.1 Å². The van der Waals surface area contributed by atoms with Gasteiger partial charge in [-0.2, -0.15) is 0 Å². The first-order chi connectivity index (χ1) is 6.66. The molecule has 0 aliphatic carbocycles. The van der Waals surface area contributed by atoms with E-state index >= 15 is 0 Å². The van der Waals surface area contributed by atoms with E-state index in [9.17, 15) is 4.79 Å². The number of esters is 1. The summed E-state index contributed by atoms with van der Waals surface area (Å²) in [5.74, 6) is -0.434. The molecule has 4 nitrogen and oxygen atoms in total. The van der Waals surface area contributed by atoms with Gasteiger partial charge < -0.3 is 10.5 Å². The van der Waals surface area contributed by atoms with Gasteiger partial charge in [-0.15, -0.1) is 0 Å². The number of nitrogens with two attached hydrogens (primary N) is 1. The van der Waals surface area contributed by atoms with Crippen molar-refractivity contribution in [3.8, 4) is 0 Å². The molecule has 0 radical (unpaired) electrons. The van der Waals surface area contributed by atoms with Crippen LogP contribution in [0.5, 0.6) is 0 Å². The zero-order chi connectivity index (χ0) is 10.6. The first-order valence-electron chi connectivity index (χ1n) is 4.12. The van der Waals surface area contributed by atoms with Crippen LogP contribution in [0.15, 0.2) is 30.2 Å². The summed E-state index contributed by atoms with van der Waals surface area (Å²) in [6, 6.07) is 3.42. The minimum absolute atomic E-state index is 0.384. The molecule has 0 saturated heterocycles. The van der Waals surface area contributed by atoms with Crippen molar-refractivity contribution in [3.63, 3.8) is 0 Å². The number of rotatable bonds is 2. The smallest absolute Gasteiger partial charge is 0.340 e. The van der Waals surface area contributed by atoms with Gasteiger partial charge in [0, 0.05) is 18.1 Å². The maximum Gasteiger partial charge on any atom is 0.340 e. The Bertz CT molecular complexity index is 354. The van der Waals surface area contributed by atoms with Gasteiger partial charge in [0.15, 0.2) is 0 Å². The molecule has 0 bridgehead atoms. The molecule has 1 aromatic rings. The molecule has 0 atom stereocenters. The van der Waals surface area contributed by atoms with Crippen molar-refractivity contribution in [1.82, 2.24) is 4.98 Å². The minimum atomic E-state index is -0.434. The Morgan fingerprint density at radius 3 is 2.43 bits per heavy atom. The van der Waals surface area contributed by atoms with Crippen LogP contribution in [0, 0.1) is 0 Å². The molecule has 0 amide bonds. The quantitative estimate of drug-likeness (QED) is 0.559. The summed E-state index contributed by atoms with van der Waals surface area (Å²) in [7, 11) is 1.33. The molecule has 74 valence electrons. The Kier molecular flexibility index (Phi) is 3.23. The van der Waals surface area contributed by atoms with Crippen LogP contribution >= 0.6 is 0 Å². The summed E-state index contributed by atoms with van der Waals surface area (Å²) >= 11 is 0. The lowest BCUT2D eigenvalue weighted by Crippen LogP contribution is -2.09. The van der Waals surface area contributed by atoms with Crippen molar-refractivity contribution in [2.75, 3.05) is 7.11 Å². The number of carbonyl (C=O) groups excluding carboxylic acids is 1. The molecule has 0 aromatic carbocycles. The van der Waals surface area contributed by atoms with Gasteiger partial charge in [-0.25, -0.2) is 4.79 Å². The lowest BCUT2D eigenvalue weighted by molar-refractivity contribution is -0.133. The Hall–Kier alpha value is -1.84. The SMILES string of the molecule is COC(=O)/C(=C(/C)N)c1ccncc1. The van der Waals surface area contributed by atoms with Crippen LogP contribution in [-0.2, 0) is 9.53 Å². The van der Waals surface area contributed by atoms with Crippen molar-refractivity contribution in [2.45, 2.75) is 6.92 Å². The van der Waals surface area contributed by atoms with Gasteiger partial charge in [-0.3, -0.25) is 4.98 Å². The molecular weight excluding hydrogens is 180 g/mol. The van der Waals surface area contributed by atoms with Crippen molar-refractivity contribution in [1.29, 1.82) is 0 Å². The fraction of sp³-hybridized carbons (Fsp3) is 0.200. The molecule has 0 aliphatic rings. The van der Waals surface area contributed by atoms with Crippen LogP contribution in [0.1, 0.15) is 12.5 Å². The Morgan fingerprint density at radius 2 is 2.00 bits per heavy atom. The molecule has 0 fully saturated rings. The second-order valence-electron chi connectivity index (χ2n) is 2.79. The number of ether oxygens (including phenoxy) is 1. The van der Waals surface area contributed by atoms with Gasteiger partial charge in [-0.1, -0.05) is 0 Å². The van der Waals surface area contributed by atoms with Crippen LogP contribution in [0.4, 0.5) is 0 Å². The van der Waals surface area contributed by atoms with E-state index in [1.54, 1.807) is 31.5 Å². The molecule has 1 aromatic heterocycles. The maximum atomic E-state index is 11.4. The van der Waals surface area contributed by atoms with Crippen LogP contribution in [0.25, 0.3) is 5.57 Å². The van der Waals surface area contributed by atoms with Crippen LogP contribution in [0.2, 0.25) is 0 Å². The van der Waals surface area contributed by atoms with E-state index in [0.29, 0.717) is 16.8 Å². The van der Waals surface area contributed by atoms with Crippen molar-refractivity contribution in [2.24, 2.45) is 5.73 Å². The third-order valence-electron chi connectivity index (χ3n) is 1.75. The van der Waals surface area contributed by atoms with Crippen LogP contribution < -0.4 is 5.73 Å². The Morgan fingerprint density at radius 1 is 1.43 bits per heavy atom. The second kappa shape index (κ2) is 4.41. The van der Waals surface area contributed by atoms with Crippen LogP contribution in [0.3, 0.4) is 0 Å². The van der Waals surface area contributed by atoms with Crippen molar-refractivity contribution < 1.29 is 9.53 Å². The van der Waals surface area contributed by atoms with E-state index in [1.165, 1.54) is 7.11 Å². The van der Waals surface area contributed by atoms with E-state index in [0.717, 1.165) is 0 Å². The summed E-state index contributed by atoms with van der Waals surface area (Å²) in [4.78, 5) is 15.2. The molecule has 0 saturated carbocycles. The van der Waals surface area contributed by atoms with Gasteiger partial charge in [-0.05, 0) is 24.6 Å². The summed E-state index contributed by atoms with van der Waals surface area (Å²) in [5.41, 5.74) is 7.14. The molecule has 1 rings (SSSR count). The van der Waals surface area contributed by atoms with Gasteiger partial charge in [0.25, 0.3) is 0 Å². The largest absolute Gasteiger partial charge is 0.465 e. The number of pyridine rings is 1. The standard InChI is InChI=1S/C10H12N2O2/c1-7(11)9(10(13)14-2)8-3-5-12-6-4-8/h3-6H,11H2,1-2H3/b9-7-. The number of hydrogen-bond acceptors (Lipinski definition) is 4. The first kappa shape index (κ1) is 10.2. The fourth-order valence-corrected chi connectivity index (χ4v) is 1.13. The summed E-state index contributed by atoms with van der Waals surface area (Å²) in [6.07, 6.45) is 3.20. The molecule has 14 heavy (non-hydrogen) atoms. The number of methoxy groups -OCH3 is 1. The van der Waals surface area contributed by atoms with Gasteiger partial charge in [0.1, 0.15) is 0 Å². The molecule has 2 N–H and O–H groups in total. The normalized spacial score (nSPS) is 11.9. The summed E-state index contributed by atoms with van der Waals surface area (Å²) in [5, 5.41) is 0. The van der Waals surface area contributed by atoms with E-state index in [-0.39, 0.29) is 0 Å². The van der Waals surface area contributed by atoms with E-state index < -0.39 is 5.97 Å². The molecule has 1 heterocycles. The molecular formula is C10H12N2O2. The topological polar surface area (TPSA) is 65.2 Å². The number of nitrogens with zero attached hydrogens (tertiary/aromatic N) is 1. The zero-order valence-corrected chi connectivity index (χ0v) is 8.15. The van der Waals surface area contributed by atoms with E-state index in [4.69, 9.17) is 5.73 Å². The highest BCUT2D eigenvalue weighted by Gasteiger charge is 2.13. The highest BCUT2D eigenvalue weighted by atomic mass is 16.5. The van der Waals surface area contributed by atoms with E-state index in [1.807, 2.05) is 0 Å². The summed E-state index contributed by atoms with van der Waals surface area (Å²) in [6.45, 7) is 1.66. The third-order valence-corrected chi connectivity index (χ3v) is 1.75. The average molecular weight is 192 g/mol. The minimum Gasteiger partial charge on any atom is -0.465 e. The molecule has 0 aliphatic heterocycles. The first-order valence-corrected chi connectivity index (χ1v) is 4.12. The van der Waals surface area contributed by atoms with Gasteiger partial charge >= 0.3 is 5.97 Å². The highest BCUT2D eigenvalue weighted by molar-refractivity contribution is 6.17. The number of aromatic nitrogens is 1. The fourth-order valence-electron chi connectivity index (χ4n) is 1.13. The zero-order valence-electron chi connectivity index (χ0n) is 8.15. The van der Waals surface area contributed by atoms with Crippen molar-refractivity contribution in [3.05, 3.63) is 35.8 Å². The second-order valence-corrected chi connectivity index (χ2v) is 2.79. The number of hydrogen-bond donors (Lipinski definition) is 1. The molecule has 0 spiro atoms. The van der Waals surface area contributed by atoms with E-state index in [2.05, 4.69) is 9.72 Å². The monoisotopic (exact) mass is 192 g/mol. The third kappa shape index (κ3) is 2.10. The van der Waals surface area contributed by atoms with Crippen molar-refractivity contribution >= 4 is 11.5 Å². The lowest BCUT2D eigenvalue weighted by Gasteiger charge is -2.06. The number of allylic oxidation sites excluding steroid dienone is 1. The predicted octanol–water partition coefficient (Wildman–Crippen LogP) is 0.944. The average Bonchev–Trinajstić information content (AvgIpc) is 2.19.